The highest BCUT2D eigenvalue weighted by atomic mass is 16.5. The highest BCUT2D eigenvalue weighted by Gasteiger charge is 2.14. The van der Waals surface area contributed by atoms with E-state index in [4.69, 9.17) is 14.5 Å². The molecule has 0 spiro atoms. The first-order valence-corrected chi connectivity index (χ1v) is 9.60. The van der Waals surface area contributed by atoms with Crippen LogP contribution in [-0.4, -0.2) is 34.8 Å². The van der Waals surface area contributed by atoms with Crippen LogP contribution in [-0.2, 0) is 13.0 Å². The summed E-state index contributed by atoms with van der Waals surface area (Å²) in [6.45, 7) is 0.683. The Balaban J connectivity index is 1.73. The molecule has 6 nitrogen and oxygen atoms in total. The Labute approximate surface area is 174 Å². The predicted octanol–water partition coefficient (Wildman–Crippen LogP) is 4.66. The fourth-order valence-electron chi connectivity index (χ4n) is 3.59. The van der Waals surface area contributed by atoms with Crippen LogP contribution in [0.2, 0.25) is 0 Å². The number of nitrogens with zero attached hydrogens (tertiary/aromatic N) is 2. The highest BCUT2D eigenvalue weighted by Crippen LogP contribution is 2.29. The molecule has 1 heterocycles. The number of ether oxygens (including phenoxy) is 2. The molecule has 0 radical (unpaired) electrons. The first-order valence-electron chi connectivity index (χ1n) is 9.60. The normalized spacial score (nSPS) is 10.9. The molecule has 0 aliphatic heterocycles. The molecule has 4 rings (SSSR count). The summed E-state index contributed by atoms with van der Waals surface area (Å²) >= 11 is 0. The second kappa shape index (κ2) is 8.29. The molecular weight excluding hydrogens is 380 g/mol. The van der Waals surface area contributed by atoms with E-state index in [-0.39, 0.29) is 5.56 Å². The standard InChI is InChI=1S/C24H22N2O4/c1-29-21-11-10-16(14-22(21)30-2)12-13-26-20-9-4-3-8-19(20)25-23(26)17-6-5-7-18(15-17)24(27)28/h3-11,14-15H,12-13H2,1-2H3,(H,27,28). The summed E-state index contributed by atoms with van der Waals surface area (Å²) in [5.41, 5.74) is 4.01. The van der Waals surface area contributed by atoms with Gasteiger partial charge in [0.2, 0.25) is 0 Å². The van der Waals surface area contributed by atoms with Gasteiger partial charge in [0.25, 0.3) is 0 Å². The first-order chi connectivity index (χ1) is 14.6. The van der Waals surface area contributed by atoms with E-state index in [1.807, 2.05) is 48.5 Å². The number of imidazole rings is 1. The monoisotopic (exact) mass is 402 g/mol. The van der Waals surface area contributed by atoms with Gasteiger partial charge in [0.05, 0.1) is 30.8 Å². The van der Waals surface area contributed by atoms with Crippen LogP contribution < -0.4 is 9.47 Å². The first kappa shape index (κ1) is 19.5. The molecule has 1 N–H and O–H groups in total. The van der Waals surface area contributed by atoms with E-state index >= 15 is 0 Å². The lowest BCUT2D eigenvalue weighted by molar-refractivity contribution is 0.0697. The molecule has 0 amide bonds. The van der Waals surface area contributed by atoms with Gasteiger partial charge in [0, 0.05) is 12.1 Å². The quantitative estimate of drug-likeness (QED) is 0.487. The van der Waals surface area contributed by atoms with Gasteiger partial charge in [-0.25, -0.2) is 9.78 Å². The van der Waals surface area contributed by atoms with Crippen molar-refractivity contribution in [2.24, 2.45) is 0 Å². The number of para-hydroxylation sites is 2. The van der Waals surface area contributed by atoms with Crippen molar-refractivity contribution in [2.45, 2.75) is 13.0 Å². The van der Waals surface area contributed by atoms with Crippen LogP contribution in [0.3, 0.4) is 0 Å². The van der Waals surface area contributed by atoms with E-state index in [1.54, 1.807) is 32.4 Å². The van der Waals surface area contributed by atoms with Gasteiger partial charge in [0.1, 0.15) is 5.82 Å². The molecule has 0 aliphatic carbocycles. The molecular formula is C24H22N2O4. The number of fused-ring (bicyclic) bond motifs is 1. The Morgan fingerprint density at radius 1 is 0.967 bits per heavy atom. The molecule has 4 aromatic rings. The van der Waals surface area contributed by atoms with Crippen molar-refractivity contribution >= 4 is 17.0 Å². The number of aromatic carboxylic acids is 1. The Hall–Kier alpha value is -3.80. The van der Waals surface area contributed by atoms with E-state index < -0.39 is 5.97 Å². The zero-order valence-corrected chi connectivity index (χ0v) is 16.8. The van der Waals surface area contributed by atoms with Crippen LogP contribution in [0.15, 0.2) is 66.7 Å². The molecule has 0 bridgehead atoms. The summed E-state index contributed by atoms with van der Waals surface area (Å²) in [6, 6.07) is 20.7. The maximum atomic E-state index is 11.4. The number of methoxy groups -OCH3 is 2. The Kier molecular flexibility index (Phi) is 5.39. The van der Waals surface area contributed by atoms with Crippen LogP contribution >= 0.6 is 0 Å². The number of benzene rings is 3. The van der Waals surface area contributed by atoms with Crippen molar-refractivity contribution in [2.75, 3.05) is 14.2 Å². The largest absolute Gasteiger partial charge is 0.493 e. The number of carbonyl (C=O) groups is 1. The van der Waals surface area contributed by atoms with Crippen LogP contribution in [0.4, 0.5) is 0 Å². The van der Waals surface area contributed by atoms with Crippen molar-refractivity contribution in [3.63, 3.8) is 0 Å². The number of hydrogen-bond donors (Lipinski definition) is 1. The third-order valence-electron chi connectivity index (χ3n) is 5.09. The Bertz CT molecular complexity index is 1210. The van der Waals surface area contributed by atoms with Crippen molar-refractivity contribution in [1.29, 1.82) is 0 Å². The van der Waals surface area contributed by atoms with Gasteiger partial charge >= 0.3 is 5.97 Å². The molecule has 30 heavy (non-hydrogen) atoms. The molecule has 0 unspecified atom stereocenters. The minimum atomic E-state index is -0.954. The molecule has 152 valence electrons. The fourth-order valence-corrected chi connectivity index (χ4v) is 3.59. The summed E-state index contributed by atoms with van der Waals surface area (Å²) in [5, 5.41) is 9.36. The summed E-state index contributed by atoms with van der Waals surface area (Å²) in [7, 11) is 3.24. The molecule has 0 fully saturated rings. The number of aromatic nitrogens is 2. The highest BCUT2D eigenvalue weighted by molar-refractivity contribution is 5.89. The molecule has 0 aliphatic rings. The lowest BCUT2D eigenvalue weighted by Gasteiger charge is -2.12. The van der Waals surface area contributed by atoms with Gasteiger partial charge in [-0.1, -0.05) is 30.3 Å². The van der Waals surface area contributed by atoms with Gasteiger partial charge in [-0.2, -0.15) is 0 Å². The number of hydrogen-bond acceptors (Lipinski definition) is 4. The summed E-state index contributed by atoms with van der Waals surface area (Å²) < 4.78 is 12.9. The maximum absolute atomic E-state index is 11.4. The Morgan fingerprint density at radius 3 is 2.53 bits per heavy atom. The minimum absolute atomic E-state index is 0.242. The summed E-state index contributed by atoms with van der Waals surface area (Å²) in [5.74, 6) is 1.19. The van der Waals surface area contributed by atoms with Crippen molar-refractivity contribution in [3.05, 3.63) is 77.9 Å². The van der Waals surface area contributed by atoms with Crippen LogP contribution in [0.1, 0.15) is 15.9 Å². The van der Waals surface area contributed by atoms with Gasteiger partial charge in [0.15, 0.2) is 11.5 Å². The lowest BCUT2D eigenvalue weighted by atomic mass is 10.1. The van der Waals surface area contributed by atoms with Crippen molar-refractivity contribution in [1.82, 2.24) is 9.55 Å². The van der Waals surface area contributed by atoms with Gasteiger partial charge in [-0.05, 0) is 48.4 Å². The zero-order chi connectivity index (χ0) is 21.1. The van der Waals surface area contributed by atoms with Crippen molar-refractivity contribution in [3.8, 4) is 22.9 Å². The second-order valence-electron chi connectivity index (χ2n) is 6.90. The molecule has 1 aromatic heterocycles. The average molecular weight is 402 g/mol. The van der Waals surface area contributed by atoms with E-state index in [0.29, 0.717) is 18.0 Å². The maximum Gasteiger partial charge on any atom is 0.335 e. The van der Waals surface area contributed by atoms with E-state index in [0.717, 1.165) is 34.4 Å². The predicted molar refractivity (Wildman–Crippen MR) is 115 cm³/mol. The Morgan fingerprint density at radius 2 is 1.77 bits per heavy atom. The van der Waals surface area contributed by atoms with E-state index in [2.05, 4.69) is 4.57 Å². The van der Waals surface area contributed by atoms with E-state index in [9.17, 15) is 9.90 Å². The molecule has 6 heteroatoms. The second-order valence-corrected chi connectivity index (χ2v) is 6.90. The van der Waals surface area contributed by atoms with Crippen LogP contribution in [0.5, 0.6) is 11.5 Å². The third kappa shape index (κ3) is 3.72. The van der Waals surface area contributed by atoms with Gasteiger partial charge < -0.3 is 19.1 Å². The number of rotatable bonds is 7. The zero-order valence-electron chi connectivity index (χ0n) is 16.8. The number of carboxylic acids is 1. The van der Waals surface area contributed by atoms with E-state index in [1.165, 1.54) is 0 Å². The number of carboxylic acid groups (broad SMARTS) is 1. The molecule has 0 atom stereocenters. The minimum Gasteiger partial charge on any atom is -0.493 e. The van der Waals surface area contributed by atoms with Crippen LogP contribution in [0.25, 0.3) is 22.4 Å². The topological polar surface area (TPSA) is 73.6 Å². The molecule has 0 saturated carbocycles. The van der Waals surface area contributed by atoms with Gasteiger partial charge in [-0.15, -0.1) is 0 Å². The average Bonchev–Trinajstić information content (AvgIpc) is 3.16. The fraction of sp³-hybridized carbons (Fsp3) is 0.167. The number of aryl methyl sites for hydroxylation is 2. The molecule has 3 aromatic carbocycles. The van der Waals surface area contributed by atoms with Crippen molar-refractivity contribution < 1.29 is 19.4 Å². The smallest absolute Gasteiger partial charge is 0.335 e. The third-order valence-corrected chi connectivity index (χ3v) is 5.09. The van der Waals surface area contributed by atoms with Gasteiger partial charge in [-0.3, -0.25) is 0 Å². The molecule has 0 saturated heterocycles. The van der Waals surface area contributed by atoms with Crippen LogP contribution in [0, 0.1) is 0 Å². The lowest BCUT2D eigenvalue weighted by Crippen LogP contribution is -2.05. The SMILES string of the molecule is COc1ccc(CCn2c(-c3cccc(C(=O)O)c3)nc3ccccc32)cc1OC. The summed E-state index contributed by atoms with van der Waals surface area (Å²) in [4.78, 5) is 16.2. The summed E-state index contributed by atoms with van der Waals surface area (Å²) in [6.07, 6.45) is 0.756.